The van der Waals surface area contributed by atoms with Crippen LogP contribution in [0.3, 0.4) is 0 Å². The topological polar surface area (TPSA) is 62.3 Å². The van der Waals surface area contributed by atoms with Crippen LogP contribution in [0.1, 0.15) is 18.4 Å². The molecule has 0 saturated carbocycles. The fourth-order valence-corrected chi connectivity index (χ4v) is 5.24. The number of hydrogen-bond donors (Lipinski definition) is 0. The first-order valence-corrected chi connectivity index (χ1v) is 10.1. The van der Waals surface area contributed by atoms with Crippen molar-refractivity contribution in [2.75, 3.05) is 40.5 Å². The summed E-state index contributed by atoms with van der Waals surface area (Å²) < 4.78 is 38.9. The maximum atomic E-state index is 12.6. The Balaban J connectivity index is 1.51. The summed E-state index contributed by atoms with van der Waals surface area (Å²) in [7, 11) is -0.143. The van der Waals surface area contributed by atoms with Gasteiger partial charge in [-0.05, 0) is 36.5 Å². The molecule has 4 aliphatic heterocycles. The first-order valence-electron chi connectivity index (χ1n) is 8.73. The van der Waals surface area contributed by atoms with E-state index in [1.165, 1.54) is 9.87 Å². The van der Waals surface area contributed by atoms with Gasteiger partial charge in [0.15, 0.2) is 11.5 Å². The van der Waals surface area contributed by atoms with Crippen molar-refractivity contribution in [3.05, 3.63) is 23.8 Å². The highest BCUT2D eigenvalue weighted by Crippen LogP contribution is 2.35. The SMILES string of the molecule is CN(C)S(=O)(=O)N1C[C@@H]2CC[C@H](C1)N(Cc1ccc3c(c1)OCO3)C2. The predicted octanol–water partition coefficient (Wildman–Crippen LogP) is 1.12. The van der Waals surface area contributed by atoms with Crippen molar-refractivity contribution in [3.63, 3.8) is 0 Å². The average Bonchev–Trinajstić information content (AvgIpc) is 2.84. The lowest BCUT2D eigenvalue weighted by atomic mass is 9.94. The molecule has 138 valence electrons. The number of hydrogen-bond acceptors (Lipinski definition) is 5. The van der Waals surface area contributed by atoms with Crippen LogP contribution < -0.4 is 9.47 Å². The van der Waals surface area contributed by atoms with E-state index in [0.717, 1.165) is 37.4 Å². The van der Waals surface area contributed by atoms with Crippen LogP contribution in [-0.2, 0) is 16.8 Å². The molecule has 2 atom stereocenters. The lowest BCUT2D eigenvalue weighted by molar-refractivity contribution is 0.125. The fourth-order valence-electron chi connectivity index (χ4n) is 4.02. The van der Waals surface area contributed by atoms with E-state index in [-0.39, 0.29) is 12.8 Å². The number of fused-ring (bicyclic) bond motifs is 5. The van der Waals surface area contributed by atoms with Crippen LogP contribution in [0.2, 0.25) is 0 Å². The van der Waals surface area contributed by atoms with E-state index in [9.17, 15) is 8.42 Å². The van der Waals surface area contributed by atoms with Crippen molar-refractivity contribution < 1.29 is 17.9 Å². The molecule has 0 aliphatic carbocycles. The van der Waals surface area contributed by atoms with Crippen LogP contribution in [0.25, 0.3) is 0 Å². The third-order valence-electron chi connectivity index (χ3n) is 5.40. The van der Waals surface area contributed by atoms with E-state index >= 15 is 0 Å². The highest BCUT2D eigenvalue weighted by atomic mass is 32.2. The number of benzene rings is 1. The highest BCUT2D eigenvalue weighted by molar-refractivity contribution is 7.86. The van der Waals surface area contributed by atoms with Crippen LogP contribution in [0.15, 0.2) is 18.2 Å². The molecule has 0 spiro atoms. The molecule has 0 amide bonds. The minimum absolute atomic E-state index is 0.263. The van der Waals surface area contributed by atoms with Gasteiger partial charge in [0.1, 0.15) is 0 Å². The van der Waals surface area contributed by atoms with Gasteiger partial charge in [0, 0.05) is 46.3 Å². The van der Waals surface area contributed by atoms with Gasteiger partial charge in [-0.2, -0.15) is 17.0 Å². The number of ether oxygens (including phenoxy) is 2. The summed E-state index contributed by atoms with van der Waals surface area (Å²) in [4.78, 5) is 2.43. The van der Waals surface area contributed by atoms with Gasteiger partial charge in [0.25, 0.3) is 10.2 Å². The van der Waals surface area contributed by atoms with E-state index in [4.69, 9.17) is 9.47 Å². The summed E-state index contributed by atoms with van der Waals surface area (Å²) in [5.41, 5.74) is 1.18. The number of rotatable bonds is 4. The minimum atomic E-state index is -3.35. The first-order chi connectivity index (χ1) is 11.9. The molecule has 7 nitrogen and oxygen atoms in total. The minimum Gasteiger partial charge on any atom is -0.454 e. The Morgan fingerprint density at radius 3 is 2.72 bits per heavy atom. The molecule has 0 N–H and O–H groups in total. The maximum absolute atomic E-state index is 12.6. The second-order valence-corrected chi connectivity index (χ2v) is 9.46. The Labute approximate surface area is 149 Å². The average molecular weight is 367 g/mol. The molecule has 25 heavy (non-hydrogen) atoms. The van der Waals surface area contributed by atoms with Crippen molar-refractivity contribution in [3.8, 4) is 11.5 Å². The lowest BCUT2D eigenvalue weighted by Crippen LogP contribution is -2.45. The zero-order valence-electron chi connectivity index (χ0n) is 14.7. The van der Waals surface area contributed by atoms with Crippen LogP contribution in [0, 0.1) is 5.92 Å². The van der Waals surface area contributed by atoms with Gasteiger partial charge in [-0.3, -0.25) is 4.90 Å². The van der Waals surface area contributed by atoms with Gasteiger partial charge < -0.3 is 9.47 Å². The smallest absolute Gasteiger partial charge is 0.281 e. The molecule has 2 bridgehead atoms. The third kappa shape index (κ3) is 3.23. The normalized spacial score (nSPS) is 27.0. The van der Waals surface area contributed by atoms with Crippen molar-refractivity contribution >= 4 is 10.2 Å². The molecule has 4 aliphatic rings. The molecule has 3 fully saturated rings. The van der Waals surface area contributed by atoms with Gasteiger partial charge in [-0.15, -0.1) is 0 Å². The largest absolute Gasteiger partial charge is 0.454 e. The predicted molar refractivity (Wildman–Crippen MR) is 93.7 cm³/mol. The number of nitrogens with zero attached hydrogens (tertiary/aromatic N) is 3. The molecular formula is C17H25N3O4S. The fraction of sp³-hybridized carbons (Fsp3) is 0.647. The van der Waals surface area contributed by atoms with Crippen molar-refractivity contribution in [1.82, 2.24) is 13.5 Å². The summed E-state index contributed by atoms with van der Waals surface area (Å²) in [5, 5.41) is 0. The Kier molecular flexibility index (Phi) is 4.39. The van der Waals surface area contributed by atoms with Gasteiger partial charge in [0.05, 0.1) is 0 Å². The molecule has 0 unspecified atom stereocenters. The van der Waals surface area contributed by atoms with Gasteiger partial charge in [-0.1, -0.05) is 6.07 Å². The first kappa shape index (κ1) is 17.1. The second kappa shape index (κ2) is 6.42. The van der Waals surface area contributed by atoms with Crippen molar-refractivity contribution in [2.24, 2.45) is 5.92 Å². The summed E-state index contributed by atoms with van der Waals surface area (Å²) in [6, 6.07) is 6.32. The van der Waals surface area contributed by atoms with E-state index in [1.807, 2.05) is 12.1 Å². The Hall–Kier alpha value is -1.35. The lowest BCUT2D eigenvalue weighted by Gasteiger charge is -2.36. The van der Waals surface area contributed by atoms with Crippen LogP contribution in [-0.4, -0.2) is 68.5 Å². The van der Waals surface area contributed by atoms with Crippen molar-refractivity contribution in [1.29, 1.82) is 0 Å². The number of piperidine rings is 1. The molecule has 0 radical (unpaired) electrons. The van der Waals surface area contributed by atoms with E-state index in [2.05, 4.69) is 11.0 Å². The van der Waals surface area contributed by atoms with Crippen molar-refractivity contribution in [2.45, 2.75) is 25.4 Å². The third-order valence-corrected chi connectivity index (χ3v) is 7.28. The monoisotopic (exact) mass is 367 g/mol. The van der Waals surface area contributed by atoms with E-state index in [0.29, 0.717) is 19.0 Å². The highest BCUT2D eigenvalue weighted by Gasteiger charge is 2.39. The zero-order valence-corrected chi connectivity index (χ0v) is 15.5. The maximum Gasteiger partial charge on any atom is 0.281 e. The van der Waals surface area contributed by atoms with Crippen LogP contribution in [0.4, 0.5) is 0 Å². The van der Waals surface area contributed by atoms with Gasteiger partial charge >= 0.3 is 0 Å². The summed E-state index contributed by atoms with van der Waals surface area (Å²) in [6.07, 6.45) is 2.15. The van der Waals surface area contributed by atoms with Gasteiger partial charge in [0.2, 0.25) is 6.79 Å². The summed E-state index contributed by atoms with van der Waals surface area (Å²) in [5.74, 6) is 1.99. The molecule has 8 heteroatoms. The molecule has 1 aromatic rings. The Bertz CT molecular complexity index is 752. The molecule has 3 saturated heterocycles. The Morgan fingerprint density at radius 2 is 1.92 bits per heavy atom. The molecule has 5 rings (SSSR count). The molecule has 0 aromatic heterocycles. The summed E-state index contributed by atoms with van der Waals surface area (Å²) in [6.45, 7) is 3.23. The molecule has 4 heterocycles. The molecule has 1 aromatic carbocycles. The quantitative estimate of drug-likeness (QED) is 0.798. The zero-order chi connectivity index (χ0) is 17.6. The second-order valence-electron chi connectivity index (χ2n) is 7.32. The van der Waals surface area contributed by atoms with Crippen LogP contribution in [0.5, 0.6) is 11.5 Å². The Morgan fingerprint density at radius 1 is 1.12 bits per heavy atom. The standard InChI is InChI=1S/C17H25N3O4S/c1-18(2)25(21,22)20-10-14-3-5-15(11-20)19(9-14)8-13-4-6-16-17(7-13)24-12-23-16/h4,6-7,14-15H,3,5,8-12H2,1-2H3/t14-,15-/m1/s1. The van der Waals surface area contributed by atoms with E-state index in [1.54, 1.807) is 18.4 Å². The summed E-state index contributed by atoms with van der Waals surface area (Å²) >= 11 is 0. The van der Waals surface area contributed by atoms with Gasteiger partial charge in [-0.25, -0.2) is 0 Å². The van der Waals surface area contributed by atoms with E-state index < -0.39 is 10.2 Å². The molecular weight excluding hydrogens is 342 g/mol. The van der Waals surface area contributed by atoms with Crippen LogP contribution >= 0.6 is 0 Å².